The van der Waals surface area contributed by atoms with E-state index in [2.05, 4.69) is 29.9 Å². The van der Waals surface area contributed by atoms with Gasteiger partial charge in [0.2, 0.25) is 0 Å². The Morgan fingerprint density at radius 1 is 1.44 bits per heavy atom. The maximum absolute atomic E-state index is 5.71. The minimum atomic E-state index is 0.464. The van der Waals surface area contributed by atoms with Crippen molar-refractivity contribution < 1.29 is 0 Å². The molecule has 3 N–H and O–H groups in total. The average molecular weight is 238 g/mol. The van der Waals surface area contributed by atoms with Crippen LogP contribution in [0.1, 0.15) is 37.5 Å². The van der Waals surface area contributed by atoms with Gasteiger partial charge in [0.25, 0.3) is 0 Å². The fraction of sp³-hybridized carbons (Fsp3) is 0.692. The monoisotopic (exact) mass is 238 g/mol. The second-order valence-electron chi connectivity index (χ2n) is 5.08. The van der Waals surface area contributed by atoms with E-state index in [9.17, 15) is 0 Å². The molecule has 0 spiro atoms. The Labute approximate surface area is 102 Å². The van der Waals surface area contributed by atoms with Crippen molar-refractivity contribution >= 4 is 11.3 Å². The molecular weight excluding hydrogens is 216 g/mol. The third-order valence-corrected chi connectivity index (χ3v) is 4.74. The van der Waals surface area contributed by atoms with Gasteiger partial charge in [-0.25, -0.2) is 0 Å². The third kappa shape index (κ3) is 3.06. The summed E-state index contributed by atoms with van der Waals surface area (Å²) < 4.78 is 0. The molecule has 1 heterocycles. The van der Waals surface area contributed by atoms with Gasteiger partial charge in [-0.3, -0.25) is 11.3 Å². The lowest BCUT2D eigenvalue weighted by Gasteiger charge is -2.32. The van der Waals surface area contributed by atoms with E-state index in [1.165, 1.54) is 30.6 Å². The van der Waals surface area contributed by atoms with Gasteiger partial charge in [0, 0.05) is 10.9 Å². The molecule has 1 unspecified atom stereocenters. The van der Waals surface area contributed by atoms with Crippen molar-refractivity contribution in [3.8, 4) is 0 Å². The molecule has 90 valence electrons. The largest absolute Gasteiger partial charge is 0.271 e. The van der Waals surface area contributed by atoms with Crippen LogP contribution < -0.4 is 11.3 Å². The van der Waals surface area contributed by atoms with Crippen LogP contribution in [0.3, 0.4) is 0 Å². The molecule has 1 fully saturated rings. The molecule has 3 heteroatoms. The number of rotatable bonds is 4. The Morgan fingerprint density at radius 2 is 2.19 bits per heavy atom. The molecule has 0 radical (unpaired) electrons. The fourth-order valence-electron chi connectivity index (χ4n) is 2.70. The number of hydrogen-bond donors (Lipinski definition) is 2. The lowest BCUT2D eigenvalue weighted by Crippen LogP contribution is -2.43. The van der Waals surface area contributed by atoms with Crippen molar-refractivity contribution in [2.75, 3.05) is 0 Å². The highest BCUT2D eigenvalue weighted by Crippen LogP contribution is 2.31. The molecule has 2 nitrogen and oxygen atoms in total. The van der Waals surface area contributed by atoms with Crippen LogP contribution >= 0.6 is 11.3 Å². The summed E-state index contributed by atoms with van der Waals surface area (Å²) >= 11 is 1.84. The smallest absolute Gasteiger partial charge is 0.0286 e. The zero-order valence-electron chi connectivity index (χ0n) is 9.99. The van der Waals surface area contributed by atoms with Crippen molar-refractivity contribution in [1.82, 2.24) is 5.43 Å². The van der Waals surface area contributed by atoms with Crippen LogP contribution in [0, 0.1) is 11.8 Å². The van der Waals surface area contributed by atoms with Crippen LogP contribution in [-0.2, 0) is 6.42 Å². The number of thiophene rings is 1. The number of nitrogens with two attached hydrogens (primary N) is 1. The maximum Gasteiger partial charge on any atom is 0.0286 e. The summed E-state index contributed by atoms with van der Waals surface area (Å²) in [6, 6.07) is 4.79. The van der Waals surface area contributed by atoms with Gasteiger partial charge in [0.05, 0.1) is 0 Å². The summed E-state index contributed by atoms with van der Waals surface area (Å²) in [6.07, 6.45) is 6.50. The normalized spacial score (nSPS) is 27.9. The molecule has 16 heavy (non-hydrogen) atoms. The molecule has 0 aromatic carbocycles. The molecule has 1 aromatic rings. The number of hydrazine groups is 1. The number of hydrogen-bond acceptors (Lipinski definition) is 3. The topological polar surface area (TPSA) is 38.0 Å². The average Bonchev–Trinajstić information content (AvgIpc) is 2.80. The summed E-state index contributed by atoms with van der Waals surface area (Å²) in [6.45, 7) is 2.36. The molecule has 2 rings (SSSR count). The van der Waals surface area contributed by atoms with E-state index in [4.69, 9.17) is 5.84 Å². The zero-order chi connectivity index (χ0) is 11.4. The summed E-state index contributed by atoms with van der Waals surface area (Å²) in [5, 5.41) is 2.14. The van der Waals surface area contributed by atoms with Crippen LogP contribution in [0.4, 0.5) is 0 Å². The van der Waals surface area contributed by atoms with Crippen molar-refractivity contribution in [2.24, 2.45) is 17.7 Å². The van der Waals surface area contributed by atoms with E-state index in [1.807, 2.05) is 11.3 Å². The Balaban J connectivity index is 1.89. The fourth-order valence-corrected chi connectivity index (χ4v) is 3.46. The van der Waals surface area contributed by atoms with Gasteiger partial charge in [0.15, 0.2) is 0 Å². The van der Waals surface area contributed by atoms with Gasteiger partial charge in [-0.2, -0.15) is 0 Å². The predicted octanol–water partition coefficient (Wildman–Crippen LogP) is 2.95. The Kier molecular flexibility index (Phi) is 4.38. The van der Waals surface area contributed by atoms with Crippen molar-refractivity contribution in [3.63, 3.8) is 0 Å². The first-order valence-electron chi connectivity index (χ1n) is 6.28. The lowest BCUT2D eigenvalue weighted by atomic mass is 9.78. The minimum absolute atomic E-state index is 0.464. The maximum atomic E-state index is 5.71. The van der Waals surface area contributed by atoms with Gasteiger partial charge in [-0.15, -0.1) is 11.3 Å². The highest BCUT2D eigenvalue weighted by Gasteiger charge is 2.25. The van der Waals surface area contributed by atoms with E-state index in [-0.39, 0.29) is 0 Å². The van der Waals surface area contributed by atoms with Crippen LogP contribution in [0.25, 0.3) is 0 Å². The van der Waals surface area contributed by atoms with Gasteiger partial charge in [0.1, 0.15) is 0 Å². The summed E-state index contributed by atoms with van der Waals surface area (Å²) in [4.78, 5) is 1.45. The SMILES string of the molecule is CC1CCC(C(Cc2cccs2)NN)CC1. The quantitative estimate of drug-likeness (QED) is 0.625. The first-order valence-corrected chi connectivity index (χ1v) is 7.16. The molecule has 1 aromatic heterocycles. The van der Waals surface area contributed by atoms with Gasteiger partial charge < -0.3 is 0 Å². The third-order valence-electron chi connectivity index (χ3n) is 3.84. The molecular formula is C13H22N2S. The van der Waals surface area contributed by atoms with Gasteiger partial charge in [-0.05, 0) is 42.5 Å². The van der Waals surface area contributed by atoms with Crippen molar-refractivity contribution in [1.29, 1.82) is 0 Å². The summed E-state index contributed by atoms with van der Waals surface area (Å²) in [5.74, 6) is 7.39. The Hall–Kier alpha value is -0.380. The first kappa shape index (κ1) is 12.1. The number of nitrogens with one attached hydrogen (secondary N) is 1. The van der Waals surface area contributed by atoms with E-state index < -0.39 is 0 Å². The molecule has 1 atom stereocenters. The van der Waals surface area contributed by atoms with Crippen LogP contribution in [0.15, 0.2) is 17.5 Å². The van der Waals surface area contributed by atoms with Gasteiger partial charge in [-0.1, -0.05) is 25.8 Å². The van der Waals surface area contributed by atoms with Gasteiger partial charge >= 0.3 is 0 Å². The van der Waals surface area contributed by atoms with E-state index in [0.717, 1.165) is 18.3 Å². The van der Waals surface area contributed by atoms with Crippen molar-refractivity contribution in [2.45, 2.75) is 45.1 Å². The molecule has 1 aliphatic rings. The summed E-state index contributed by atoms with van der Waals surface area (Å²) in [7, 11) is 0. The van der Waals surface area contributed by atoms with E-state index >= 15 is 0 Å². The predicted molar refractivity (Wildman–Crippen MR) is 70.3 cm³/mol. The molecule has 0 amide bonds. The van der Waals surface area contributed by atoms with Crippen LogP contribution in [0.5, 0.6) is 0 Å². The second-order valence-corrected chi connectivity index (χ2v) is 6.11. The molecule has 0 saturated heterocycles. The lowest BCUT2D eigenvalue weighted by molar-refractivity contribution is 0.230. The minimum Gasteiger partial charge on any atom is -0.271 e. The van der Waals surface area contributed by atoms with E-state index in [1.54, 1.807) is 0 Å². The highest BCUT2D eigenvalue weighted by atomic mass is 32.1. The van der Waals surface area contributed by atoms with Crippen LogP contribution in [-0.4, -0.2) is 6.04 Å². The second kappa shape index (κ2) is 5.80. The standard InChI is InChI=1S/C13H22N2S/c1-10-4-6-11(7-5-10)13(15-14)9-12-3-2-8-16-12/h2-3,8,10-11,13,15H,4-7,9,14H2,1H3. The summed E-state index contributed by atoms with van der Waals surface area (Å²) in [5.41, 5.74) is 3.03. The van der Waals surface area contributed by atoms with Crippen molar-refractivity contribution in [3.05, 3.63) is 22.4 Å². The van der Waals surface area contributed by atoms with Crippen LogP contribution in [0.2, 0.25) is 0 Å². The molecule has 0 aliphatic heterocycles. The van der Waals surface area contributed by atoms with E-state index in [0.29, 0.717) is 6.04 Å². The highest BCUT2D eigenvalue weighted by molar-refractivity contribution is 7.09. The Morgan fingerprint density at radius 3 is 2.75 bits per heavy atom. The molecule has 0 bridgehead atoms. The Bertz CT molecular complexity index is 289. The first-order chi connectivity index (χ1) is 7.79. The molecule has 1 saturated carbocycles. The molecule has 1 aliphatic carbocycles. The zero-order valence-corrected chi connectivity index (χ0v) is 10.8.